The highest BCUT2D eigenvalue weighted by Gasteiger charge is 2.34. The van der Waals surface area contributed by atoms with Crippen LogP contribution in [0.2, 0.25) is 5.02 Å². The summed E-state index contributed by atoms with van der Waals surface area (Å²) in [6.45, 7) is 11.4. The van der Waals surface area contributed by atoms with Crippen molar-refractivity contribution in [1.82, 2.24) is 25.1 Å². The highest BCUT2D eigenvalue weighted by molar-refractivity contribution is 6.36. The van der Waals surface area contributed by atoms with Gasteiger partial charge in [0.25, 0.3) is 0 Å². The molecular formula is C43H49ClN8O4. The Labute approximate surface area is 333 Å². The van der Waals surface area contributed by atoms with Crippen LogP contribution < -0.4 is 19.9 Å². The maximum atomic E-state index is 12.7. The summed E-state index contributed by atoms with van der Waals surface area (Å²) < 4.78 is 12.1. The molecule has 2 saturated heterocycles. The average molecular weight is 777 g/mol. The molecule has 2 fully saturated rings. The number of hydrogen-bond donors (Lipinski definition) is 1. The van der Waals surface area contributed by atoms with Crippen LogP contribution >= 0.6 is 11.6 Å². The van der Waals surface area contributed by atoms with Crippen molar-refractivity contribution in [3.05, 3.63) is 101 Å². The normalized spacial score (nSPS) is 18.4. The molecule has 0 unspecified atom stereocenters. The van der Waals surface area contributed by atoms with Gasteiger partial charge in [-0.05, 0) is 61.9 Å². The smallest absolute Gasteiger partial charge is 0.318 e. The van der Waals surface area contributed by atoms with Crippen LogP contribution in [0.5, 0.6) is 6.01 Å². The van der Waals surface area contributed by atoms with Crippen molar-refractivity contribution in [2.45, 2.75) is 57.8 Å². The van der Waals surface area contributed by atoms with Gasteiger partial charge in [0.15, 0.2) is 0 Å². The fourth-order valence-corrected chi connectivity index (χ4v) is 8.48. The summed E-state index contributed by atoms with van der Waals surface area (Å²) in [5, 5.41) is 15.4. The number of nitrogens with zero attached hydrogens (tertiary/aromatic N) is 7. The molecule has 0 saturated carbocycles. The minimum atomic E-state index is -0.292. The first-order valence-electron chi connectivity index (χ1n) is 19.4. The number of aryl methyl sites for hydroxylation is 1. The lowest BCUT2D eigenvalue weighted by atomic mass is 10.0. The third kappa shape index (κ3) is 9.07. The van der Waals surface area contributed by atoms with Gasteiger partial charge in [-0.15, -0.1) is 0 Å². The van der Waals surface area contributed by atoms with Gasteiger partial charge in [0.05, 0.1) is 42.4 Å². The van der Waals surface area contributed by atoms with E-state index in [-0.39, 0.29) is 36.9 Å². The minimum Gasteiger partial charge on any atom is -0.462 e. The fourth-order valence-electron chi connectivity index (χ4n) is 8.20. The third-order valence-electron chi connectivity index (χ3n) is 11.0. The van der Waals surface area contributed by atoms with Crippen LogP contribution in [0.25, 0.3) is 10.8 Å². The van der Waals surface area contributed by atoms with Crippen LogP contribution in [0.4, 0.5) is 11.5 Å². The molecule has 0 spiro atoms. The van der Waals surface area contributed by atoms with Gasteiger partial charge in [0, 0.05) is 61.9 Å². The summed E-state index contributed by atoms with van der Waals surface area (Å²) >= 11 is 6.76. The summed E-state index contributed by atoms with van der Waals surface area (Å²) in [4.78, 5) is 43.9. The van der Waals surface area contributed by atoms with E-state index >= 15 is 0 Å². The molecule has 0 radical (unpaired) electrons. The molecule has 4 heterocycles. The topological polar surface area (TPSA) is 127 Å². The lowest BCUT2D eigenvalue weighted by Gasteiger charge is -2.42. The molecule has 2 amide bonds. The molecule has 3 aliphatic heterocycles. The number of carbonyl (C=O) groups excluding carboxylic acids is 2. The Morgan fingerprint density at radius 3 is 2.71 bits per heavy atom. The molecule has 2 atom stereocenters. The van der Waals surface area contributed by atoms with Gasteiger partial charge in [-0.3, -0.25) is 14.5 Å². The number of rotatable bonds is 14. The van der Waals surface area contributed by atoms with Gasteiger partial charge in [-0.2, -0.15) is 15.2 Å². The SMILES string of the molecule is C=CC(=O)N1CCN(c2nc(OC[C@@H]3CCCN3CCNC(=O)COCc3cccc(C)c3)nc3c2CCN(c2cccc4cccc(Cl)c24)C3)C[C@@H]1CC#N. The van der Waals surface area contributed by atoms with Crippen LogP contribution in [0, 0.1) is 18.3 Å². The van der Waals surface area contributed by atoms with E-state index in [0.717, 1.165) is 70.6 Å². The molecule has 0 bridgehead atoms. The Bertz CT molecular complexity index is 2100. The summed E-state index contributed by atoms with van der Waals surface area (Å²) in [5.74, 6) is 0.492. The van der Waals surface area contributed by atoms with Gasteiger partial charge < -0.3 is 29.5 Å². The number of likely N-dealkylation sites (tertiary alicyclic amines) is 1. The predicted octanol–water partition coefficient (Wildman–Crippen LogP) is 5.45. The van der Waals surface area contributed by atoms with Crippen molar-refractivity contribution in [3.8, 4) is 12.1 Å². The molecule has 292 valence electrons. The summed E-state index contributed by atoms with van der Waals surface area (Å²) in [6, 6.07) is 22.7. The Hall–Kier alpha value is -5.22. The van der Waals surface area contributed by atoms with Crippen molar-refractivity contribution in [2.24, 2.45) is 0 Å². The first-order chi connectivity index (χ1) is 27.3. The molecule has 1 aromatic heterocycles. The zero-order chi connectivity index (χ0) is 39.0. The average Bonchev–Trinajstić information content (AvgIpc) is 3.66. The molecule has 56 heavy (non-hydrogen) atoms. The summed E-state index contributed by atoms with van der Waals surface area (Å²) in [5.41, 5.74) is 5.20. The summed E-state index contributed by atoms with van der Waals surface area (Å²) in [7, 11) is 0. The van der Waals surface area contributed by atoms with E-state index < -0.39 is 0 Å². The van der Waals surface area contributed by atoms with E-state index in [2.05, 4.69) is 63.0 Å². The molecule has 12 nitrogen and oxygen atoms in total. The first kappa shape index (κ1) is 39.0. The number of hydrogen-bond acceptors (Lipinski definition) is 10. The summed E-state index contributed by atoms with van der Waals surface area (Å²) in [6.07, 6.45) is 4.24. The van der Waals surface area contributed by atoms with Gasteiger partial charge in [0.1, 0.15) is 19.0 Å². The molecule has 3 aromatic carbocycles. The van der Waals surface area contributed by atoms with E-state index in [0.29, 0.717) is 69.9 Å². The number of benzene rings is 3. The van der Waals surface area contributed by atoms with Gasteiger partial charge in [-0.25, -0.2) is 0 Å². The number of carbonyl (C=O) groups is 2. The second kappa shape index (κ2) is 18.2. The quantitative estimate of drug-likeness (QED) is 0.165. The number of amides is 2. The number of halogens is 1. The highest BCUT2D eigenvalue weighted by Crippen LogP contribution is 2.37. The van der Waals surface area contributed by atoms with Gasteiger partial charge in [0.2, 0.25) is 11.8 Å². The Morgan fingerprint density at radius 1 is 1.05 bits per heavy atom. The zero-order valence-corrected chi connectivity index (χ0v) is 32.7. The van der Waals surface area contributed by atoms with Crippen LogP contribution in [0.3, 0.4) is 0 Å². The van der Waals surface area contributed by atoms with Crippen LogP contribution in [0.15, 0.2) is 73.3 Å². The van der Waals surface area contributed by atoms with Crippen molar-refractivity contribution in [2.75, 3.05) is 68.8 Å². The molecule has 1 N–H and O–H groups in total. The number of nitrogens with one attached hydrogen (secondary N) is 1. The van der Waals surface area contributed by atoms with Crippen LogP contribution in [-0.4, -0.2) is 103 Å². The van der Waals surface area contributed by atoms with Crippen molar-refractivity contribution in [1.29, 1.82) is 5.26 Å². The third-order valence-corrected chi connectivity index (χ3v) is 11.3. The van der Waals surface area contributed by atoms with E-state index in [9.17, 15) is 14.9 Å². The van der Waals surface area contributed by atoms with Crippen LogP contribution in [-0.2, 0) is 33.9 Å². The number of anilines is 2. The lowest BCUT2D eigenvalue weighted by Crippen LogP contribution is -2.55. The van der Waals surface area contributed by atoms with E-state index in [1.54, 1.807) is 4.90 Å². The Balaban J connectivity index is 1.05. The lowest BCUT2D eigenvalue weighted by molar-refractivity contribution is -0.128. The standard InChI is InChI=1S/C43H49ClN8O4/c1-3-40(54)52-23-22-51(25-33(52)15-17-45)42-35-16-20-50(38-14-6-11-32-10-5-13-36(44)41(32)38)26-37(35)47-43(48-42)56-28-34-12-7-19-49(34)21-18-46-39(53)29-55-27-31-9-4-8-30(2)24-31/h3-6,8-11,13-14,24,33-34H,1,7,12,15-16,18-23,25-29H2,2H3,(H,46,53)/t33-,34-/m0/s1. The molecule has 13 heteroatoms. The van der Waals surface area contributed by atoms with E-state index in [1.807, 2.05) is 37.3 Å². The molecule has 7 rings (SSSR count). The van der Waals surface area contributed by atoms with Gasteiger partial charge >= 0.3 is 6.01 Å². The minimum absolute atomic E-state index is 0.0142. The molecule has 0 aliphatic carbocycles. The first-order valence-corrected chi connectivity index (χ1v) is 19.8. The predicted molar refractivity (Wildman–Crippen MR) is 218 cm³/mol. The molecule has 3 aliphatic rings. The van der Waals surface area contributed by atoms with Crippen molar-refractivity contribution >= 4 is 45.7 Å². The van der Waals surface area contributed by atoms with Gasteiger partial charge in [-0.1, -0.05) is 72.3 Å². The van der Waals surface area contributed by atoms with E-state index in [4.69, 9.17) is 31.0 Å². The molecule has 4 aromatic rings. The largest absolute Gasteiger partial charge is 0.462 e. The highest BCUT2D eigenvalue weighted by atomic mass is 35.5. The number of piperazine rings is 1. The molecular weight excluding hydrogens is 728 g/mol. The fraction of sp³-hybridized carbons (Fsp3) is 0.419. The monoisotopic (exact) mass is 776 g/mol. The number of aromatic nitrogens is 2. The second-order valence-corrected chi connectivity index (χ2v) is 15.1. The van der Waals surface area contributed by atoms with Crippen molar-refractivity contribution < 1.29 is 19.1 Å². The van der Waals surface area contributed by atoms with Crippen molar-refractivity contribution in [3.63, 3.8) is 0 Å². The van der Waals surface area contributed by atoms with Crippen LogP contribution in [0.1, 0.15) is 41.6 Å². The Morgan fingerprint density at radius 2 is 1.89 bits per heavy atom. The van der Waals surface area contributed by atoms with E-state index in [1.165, 1.54) is 6.08 Å². The number of fused-ring (bicyclic) bond motifs is 2. The maximum absolute atomic E-state index is 12.7. The number of ether oxygens (including phenoxy) is 2. The maximum Gasteiger partial charge on any atom is 0.318 e. The second-order valence-electron chi connectivity index (χ2n) is 14.7. The Kier molecular flexibility index (Phi) is 12.7. The number of nitriles is 1. The zero-order valence-electron chi connectivity index (χ0n) is 32.0.